The van der Waals surface area contributed by atoms with E-state index in [4.69, 9.17) is 0 Å². The number of hydrogen-bond donors (Lipinski definition) is 0. The van der Waals surface area contributed by atoms with Crippen LogP contribution in [0.5, 0.6) is 0 Å². The van der Waals surface area contributed by atoms with Gasteiger partial charge in [0.2, 0.25) is 0 Å². The molecule has 0 fully saturated rings. The molecule has 110 valence electrons. The Bertz CT molecular complexity index is 478. The van der Waals surface area contributed by atoms with Crippen molar-refractivity contribution in [3.05, 3.63) is 71.8 Å². The minimum atomic E-state index is 0.846. The molecule has 0 aromatic heterocycles. The first kappa shape index (κ1) is 15.3. The standard InChI is InChI=1S/C19H24N2/c1-2-3-10-15-20-21(16-18-11-6-4-7-12-18)17-19-13-8-5-9-14-19/h4-9,11-15H,2-3,10,16-17H2,1H3/b20-15+. The first-order valence-electron chi connectivity index (χ1n) is 7.73. The zero-order valence-corrected chi connectivity index (χ0v) is 12.8. The highest BCUT2D eigenvalue weighted by atomic mass is 15.4. The van der Waals surface area contributed by atoms with Gasteiger partial charge in [0.05, 0.1) is 13.1 Å². The molecule has 0 heterocycles. The minimum Gasteiger partial charge on any atom is -0.289 e. The van der Waals surface area contributed by atoms with Crippen LogP contribution in [0.4, 0.5) is 0 Å². The summed E-state index contributed by atoms with van der Waals surface area (Å²) in [6, 6.07) is 21.0. The normalized spacial score (nSPS) is 10.9. The van der Waals surface area contributed by atoms with Crippen molar-refractivity contribution in [2.45, 2.75) is 39.3 Å². The van der Waals surface area contributed by atoms with Crippen molar-refractivity contribution in [2.24, 2.45) is 5.10 Å². The van der Waals surface area contributed by atoms with Crippen LogP contribution in [0.15, 0.2) is 65.8 Å². The third-order valence-electron chi connectivity index (χ3n) is 3.35. The number of nitrogens with zero attached hydrogens (tertiary/aromatic N) is 2. The molecular weight excluding hydrogens is 256 g/mol. The Morgan fingerprint density at radius 1 is 0.857 bits per heavy atom. The number of rotatable bonds is 8. The highest BCUT2D eigenvalue weighted by molar-refractivity contribution is 5.56. The molecule has 0 unspecified atom stereocenters. The number of unbranched alkanes of at least 4 members (excludes halogenated alkanes) is 2. The summed E-state index contributed by atoms with van der Waals surface area (Å²) in [5.74, 6) is 0. The van der Waals surface area contributed by atoms with E-state index >= 15 is 0 Å². The van der Waals surface area contributed by atoms with Gasteiger partial charge >= 0.3 is 0 Å². The molecular formula is C19H24N2. The van der Waals surface area contributed by atoms with E-state index in [1.165, 1.54) is 24.0 Å². The SMILES string of the molecule is CCCC/C=N/N(Cc1ccccc1)Cc1ccccc1. The highest BCUT2D eigenvalue weighted by Crippen LogP contribution is 2.10. The Hall–Kier alpha value is -2.09. The maximum atomic E-state index is 4.66. The summed E-state index contributed by atoms with van der Waals surface area (Å²) in [5, 5.41) is 6.80. The van der Waals surface area contributed by atoms with E-state index in [-0.39, 0.29) is 0 Å². The van der Waals surface area contributed by atoms with Crippen LogP contribution in [0.2, 0.25) is 0 Å². The molecule has 0 atom stereocenters. The van der Waals surface area contributed by atoms with Crippen molar-refractivity contribution >= 4 is 6.21 Å². The second-order valence-corrected chi connectivity index (χ2v) is 5.23. The van der Waals surface area contributed by atoms with Gasteiger partial charge in [0.1, 0.15) is 0 Å². The smallest absolute Gasteiger partial charge is 0.0614 e. The van der Waals surface area contributed by atoms with Gasteiger partial charge in [-0.1, -0.05) is 74.0 Å². The fourth-order valence-electron chi connectivity index (χ4n) is 2.19. The Morgan fingerprint density at radius 2 is 1.38 bits per heavy atom. The van der Waals surface area contributed by atoms with Gasteiger partial charge in [-0.25, -0.2) is 0 Å². The van der Waals surface area contributed by atoms with E-state index in [1.807, 2.05) is 0 Å². The maximum absolute atomic E-state index is 4.66. The molecule has 0 aliphatic rings. The average molecular weight is 280 g/mol. The lowest BCUT2D eigenvalue weighted by molar-refractivity contribution is 0.271. The lowest BCUT2D eigenvalue weighted by Gasteiger charge is -2.19. The summed E-state index contributed by atoms with van der Waals surface area (Å²) in [4.78, 5) is 0. The molecule has 0 aliphatic heterocycles. The van der Waals surface area contributed by atoms with E-state index in [1.54, 1.807) is 0 Å². The van der Waals surface area contributed by atoms with Crippen molar-refractivity contribution in [1.29, 1.82) is 0 Å². The number of benzene rings is 2. The molecule has 0 spiro atoms. The van der Waals surface area contributed by atoms with Crippen LogP contribution in [0.1, 0.15) is 37.3 Å². The van der Waals surface area contributed by atoms with E-state index in [9.17, 15) is 0 Å². The molecule has 0 N–H and O–H groups in total. The third kappa shape index (κ3) is 5.82. The van der Waals surface area contributed by atoms with Gasteiger partial charge in [-0.15, -0.1) is 0 Å². The maximum Gasteiger partial charge on any atom is 0.0614 e. The van der Waals surface area contributed by atoms with Crippen LogP contribution in [0.25, 0.3) is 0 Å². The summed E-state index contributed by atoms with van der Waals surface area (Å²) in [6.45, 7) is 3.90. The predicted octanol–water partition coefficient (Wildman–Crippen LogP) is 4.86. The fourth-order valence-corrected chi connectivity index (χ4v) is 2.19. The largest absolute Gasteiger partial charge is 0.289 e. The monoisotopic (exact) mass is 280 g/mol. The molecule has 0 amide bonds. The predicted molar refractivity (Wildman–Crippen MR) is 90.1 cm³/mol. The van der Waals surface area contributed by atoms with Crippen LogP contribution in [-0.2, 0) is 13.1 Å². The Kier molecular flexibility index (Phi) is 6.53. The molecule has 0 aliphatic carbocycles. The molecule has 0 radical (unpaired) electrons. The van der Waals surface area contributed by atoms with Crippen molar-refractivity contribution in [3.63, 3.8) is 0 Å². The zero-order valence-electron chi connectivity index (χ0n) is 12.8. The fraction of sp³-hybridized carbons (Fsp3) is 0.316. The minimum absolute atomic E-state index is 0.846. The number of hydrazone groups is 1. The van der Waals surface area contributed by atoms with E-state index in [0.717, 1.165) is 19.5 Å². The van der Waals surface area contributed by atoms with Crippen molar-refractivity contribution in [3.8, 4) is 0 Å². The van der Waals surface area contributed by atoms with Gasteiger partial charge in [-0.2, -0.15) is 5.10 Å². The van der Waals surface area contributed by atoms with Crippen molar-refractivity contribution < 1.29 is 0 Å². The molecule has 0 saturated carbocycles. The quantitative estimate of drug-likeness (QED) is 0.383. The van der Waals surface area contributed by atoms with Crippen LogP contribution in [0, 0.1) is 0 Å². The summed E-state index contributed by atoms with van der Waals surface area (Å²) in [6.07, 6.45) is 5.52. The van der Waals surface area contributed by atoms with E-state index in [2.05, 4.69) is 83.9 Å². The van der Waals surface area contributed by atoms with Crippen LogP contribution < -0.4 is 0 Å². The Balaban J connectivity index is 2.01. The van der Waals surface area contributed by atoms with Gasteiger partial charge in [0.15, 0.2) is 0 Å². The summed E-state index contributed by atoms with van der Waals surface area (Å²) >= 11 is 0. The molecule has 2 rings (SSSR count). The highest BCUT2D eigenvalue weighted by Gasteiger charge is 2.03. The Morgan fingerprint density at radius 3 is 1.86 bits per heavy atom. The van der Waals surface area contributed by atoms with Gasteiger partial charge < -0.3 is 0 Å². The van der Waals surface area contributed by atoms with Gasteiger partial charge in [-0.3, -0.25) is 5.01 Å². The average Bonchev–Trinajstić information content (AvgIpc) is 2.53. The van der Waals surface area contributed by atoms with Crippen LogP contribution >= 0.6 is 0 Å². The molecule has 2 aromatic rings. The summed E-state index contributed by atoms with van der Waals surface area (Å²) < 4.78 is 0. The number of hydrogen-bond acceptors (Lipinski definition) is 2. The van der Waals surface area contributed by atoms with Crippen LogP contribution in [0.3, 0.4) is 0 Å². The molecule has 0 bridgehead atoms. The summed E-state index contributed by atoms with van der Waals surface area (Å²) in [5.41, 5.74) is 2.59. The van der Waals surface area contributed by atoms with Crippen molar-refractivity contribution in [2.75, 3.05) is 0 Å². The lowest BCUT2D eigenvalue weighted by atomic mass is 10.2. The molecule has 2 aromatic carbocycles. The molecule has 2 nitrogen and oxygen atoms in total. The second kappa shape index (κ2) is 8.96. The molecule has 21 heavy (non-hydrogen) atoms. The van der Waals surface area contributed by atoms with Crippen LogP contribution in [-0.4, -0.2) is 11.2 Å². The molecule has 0 saturated heterocycles. The topological polar surface area (TPSA) is 15.6 Å². The third-order valence-corrected chi connectivity index (χ3v) is 3.35. The van der Waals surface area contributed by atoms with Gasteiger partial charge in [-0.05, 0) is 24.0 Å². The Labute approximate surface area is 128 Å². The first-order valence-corrected chi connectivity index (χ1v) is 7.73. The zero-order chi connectivity index (χ0) is 14.8. The van der Waals surface area contributed by atoms with E-state index < -0.39 is 0 Å². The molecule has 2 heteroatoms. The van der Waals surface area contributed by atoms with E-state index in [0.29, 0.717) is 0 Å². The second-order valence-electron chi connectivity index (χ2n) is 5.23. The van der Waals surface area contributed by atoms with Crippen molar-refractivity contribution in [1.82, 2.24) is 5.01 Å². The first-order chi connectivity index (χ1) is 10.4. The van der Waals surface area contributed by atoms with Gasteiger partial charge in [0.25, 0.3) is 0 Å². The van der Waals surface area contributed by atoms with Gasteiger partial charge in [0, 0.05) is 6.21 Å². The lowest BCUT2D eigenvalue weighted by Crippen LogP contribution is -2.16. The summed E-state index contributed by atoms with van der Waals surface area (Å²) in [7, 11) is 0.